The molecule has 4 heteroatoms. The number of rotatable bonds is 5. The quantitative estimate of drug-likeness (QED) is 0.632. The van der Waals surface area contributed by atoms with E-state index in [0.717, 1.165) is 5.56 Å². The van der Waals surface area contributed by atoms with E-state index in [0.29, 0.717) is 6.54 Å². The van der Waals surface area contributed by atoms with Crippen LogP contribution in [0, 0.1) is 0 Å². The zero-order chi connectivity index (χ0) is 11.1. The van der Waals surface area contributed by atoms with E-state index in [1.54, 1.807) is 7.05 Å². The Labute approximate surface area is 89.3 Å². The van der Waals surface area contributed by atoms with Crippen LogP contribution in [0.5, 0.6) is 0 Å². The van der Waals surface area contributed by atoms with E-state index in [4.69, 9.17) is 5.11 Å². The number of aliphatic hydroxyl groups excluding tert-OH is 1. The summed E-state index contributed by atoms with van der Waals surface area (Å²) in [7, 11) is 1.64. The number of carbonyl (C=O) groups is 1. The predicted molar refractivity (Wildman–Crippen MR) is 58.2 cm³/mol. The Hall–Kier alpha value is -1.39. The molecule has 0 saturated heterocycles. The van der Waals surface area contributed by atoms with Gasteiger partial charge in [-0.15, -0.1) is 0 Å². The second-order valence-corrected chi connectivity index (χ2v) is 3.23. The number of hydrogen-bond donors (Lipinski definition) is 3. The molecule has 0 heterocycles. The van der Waals surface area contributed by atoms with E-state index in [1.807, 2.05) is 30.3 Å². The average molecular weight is 208 g/mol. The molecule has 0 aliphatic carbocycles. The molecule has 1 amide bonds. The van der Waals surface area contributed by atoms with E-state index in [1.165, 1.54) is 0 Å². The maximum atomic E-state index is 11.4. The molecule has 0 aliphatic heterocycles. The van der Waals surface area contributed by atoms with Crippen molar-refractivity contribution in [1.29, 1.82) is 0 Å². The lowest BCUT2D eigenvalue weighted by Crippen LogP contribution is -2.44. The van der Waals surface area contributed by atoms with Gasteiger partial charge in [-0.25, -0.2) is 0 Å². The second-order valence-electron chi connectivity index (χ2n) is 3.23. The number of amides is 1. The maximum absolute atomic E-state index is 11.4. The summed E-state index contributed by atoms with van der Waals surface area (Å²) in [6.45, 7) is 0.287. The van der Waals surface area contributed by atoms with Crippen molar-refractivity contribution in [1.82, 2.24) is 10.6 Å². The third-order valence-corrected chi connectivity index (χ3v) is 2.16. The van der Waals surface area contributed by atoms with Crippen molar-refractivity contribution >= 4 is 5.91 Å². The minimum atomic E-state index is -0.534. The van der Waals surface area contributed by atoms with Crippen LogP contribution in [-0.2, 0) is 11.3 Å². The number of hydrogen-bond acceptors (Lipinski definition) is 3. The van der Waals surface area contributed by atoms with Crippen LogP contribution < -0.4 is 10.6 Å². The van der Waals surface area contributed by atoms with Gasteiger partial charge in [0.05, 0.1) is 6.61 Å². The molecule has 0 unspecified atom stereocenters. The van der Waals surface area contributed by atoms with Crippen molar-refractivity contribution in [3.63, 3.8) is 0 Å². The molecule has 3 N–H and O–H groups in total. The Morgan fingerprint density at radius 1 is 1.40 bits per heavy atom. The van der Waals surface area contributed by atoms with Gasteiger partial charge in [-0.2, -0.15) is 0 Å². The van der Waals surface area contributed by atoms with Crippen molar-refractivity contribution in [2.24, 2.45) is 0 Å². The molecule has 0 aromatic heterocycles. The summed E-state index contributed by atoms with van der Waals surface area (Å²) in [6.07, 6.45) is 0. The van der Waals surface area contributed by atoms with Gasteiger partial charge in [-0.3, -0.25) is 4.79 Å². The molecule has 82 valence electrons. The van der Waals surface area contributed by atoms with Crippen molar-refractivity contribution in [2.45, 2.75) is 12.6 Å². The molecular weight excluding hydrogens is 192 g/mol. The van der Waals surface area contributed by atoms with E-state index in [-0.39, 0.29) is 12.5 Å². The zero-order valence-corrected chi connectivity index (χ0v) is 8.73. The molecule has 1 aromatic carbocycles. The topological polar surface area (TPSA) is 61.4 Å². The fourth-order valence-electron chi connectivity index (χ4n) is 1.21. The minimum absolute atomic E-state index is 0.191. The van der Waals surface area contributed by atoms with Gasteiger partial charge >= 0.3 is 0 Å². The first kappa shape index (κ1) is 11.7. The van der Waals surface area contributed by atoms with Crippen LogP contribution in [0.4, 0.5) is 0 Å². The average Bonchev–Trinajstić information content (AvgIpc) is 2.29. The molecule has 0 spiro atoms. The largest absolute Gasteiger partial charge is 0.394 e. The minimum Gasteiger partial charge on any atom is -0.394 e. The Morgan fingerprint density at radius 3 is 2.60 bits per heavy atom. The molecule has 1 rings (SSSR count). The van der Waals surface area contributed by atoms with Crippen LogP contribution in [0.15, 0.2) is 30.3 Å². The van der Waals surface area contributed by atoms with Crippen LogP contribution in [-0.4, -0.2) is 30.7 Å². The summed E-state index contributed by atoms with van der Waals surface area (Å²) >= 11 is 0. The lowest BCUT2D eigenvalue weighted by molar-refractivity contribution is -0.124. The van der Waals surface area contributed by atoms with Crippen molar-refractivity contribution in [2.75, 3.05) is 13.7 Å². The number of likely N-dealkylation sites (N-methyl/N-ethyl adjacent to an activating group) is 1. The van der Waals surface area contributed by atoms with E-state index in [9.17, 15) is 4.79 Å². The predicted octanol–water partition coefficient (Wildman–Crippen LogP) is -0.117. The molecule has 0 saturated carbocycles. The summed E-state index contributed by atoms with van der Waals surface area (Å²) in [4.78, 5) is 11.4. The molecule has 0 fully saturated rings. The number of nitrogens with one attached hydrogen (secondary N) is 2. The smallest absolute Gasteiger partial charge is 0.239 e. The van der Waals surface area contributed by atoms with E-state index >= 15 is 0 Å². The first-order valence-electron chi connectivity index (χ1n) is 4.87. The van der Waals surface area contributed by atoms with Crippen molar-refractivity contribution in [3.8, 4) is 0 Å². The van der Waals surface area contributed by atoms with Gasteiger partial charge in [-0.1, -0.05) is 30.3 Å². The molecule has 1 aromatic rings. The molecule has 0 radical (unpaired) electrons. The molecular formula is C11H16N2O2. The van der Waals surface area contributed by atoms with Crippen LogP contribution in [0.1, 0.15) is 5.56 Å². The van der Waals surface area contributed by atoms with Gasteiger partial charge in [-0.05, 0) is 12.6 Å². The van der Waals surface area contributed by atoms with Crippen LogP contribution in [0.25, 0.3) is 0 Å². The number of benzene rings is 1. The highest BCUT2D eigenvalue weighted by Gasteiger charge is 2.13. The van der Waals surface area contributed by atoms with E-state index in [2.05, 4.69) is 10.6 Å². The molecule has 0 aliphatic rings. The van der Waals surface area contributed by atoms with Gasteiger partial charge in [0.25, 0.3) is 0 Å². The third-order valence-electron chi connectivity index (χ3n) is 2.16. The highest BCUT2D eigenvalue weighted by atomic mass is 16.3. The van der Waals surface area contributed by atoms with Gasteiger partial charge in [0.15, 0.2) is 0 Å². The summed E-state index contributed by atoms with van der Waals surface area (Å²) in [6, 6.07) is 9.11. The zero-order valence-electron chi connectivity index (χ0n) is 8.73. The Morgan fingerprint density at radius 2 is 2.07 bits per heavy atom. The summed E-state index contributed by atoms with van der Waals surface area (Å²) in [5, 5.41) is 14.3. The van der Waals surface area contributed by atoms with Crippen LogP contribution in [0.3, 0.4) is 0 Å². The molecule has 0 bridgehead atoms. The fourth-order valence-corrected chi connectivity index (χ4v) is 1.21. The van der Waals surface area contributed by atoms with Crippen molar-refractivity contribution in [3.05, 3.63) is 35.9 Å². The number of aliphatic hydroxyl groups is 1. The Bertz CT molecular complexity index is 297. The normalized spacial score (nSPS) is 12.1. The third kappa shape index (κ3) is 3.69. The first-order chi connectivity index (χ1) is 7.27. The standard InChI is InChI=1S/C11H16N2O2/c1-12-10(8-14)11(15)13-7-9-5-3-2-4-6-9/h2-6,10,12,14H,7-8H2,1H3,(H,13,15)/t10-/m0/s1. The second kappa shape index (κ2) is 6.16. The summed E-state index contributed by atoms with van der Waals surface area (Å²) in [5.74, 6) is -0.191. The van der Waals surface area contributed by atoms with Gasteiger partial charge < -0.3 is 15.7 Å². The maximum Gasteiger partial charge on any atom is 0.239 e. The van der Waals surface area contributed by atoms with Crippen LogP contribution >= 0.6 is 0 Å². The Balaban J connectivity index is 2.40. The van der Waals surface area contributed by atoms with Gasteiger partial charge in [0, 0.05) is 6.54 Å². The van der Waals surface area contributed by atoms with Crippen molar-refractivity contribution < 1.29 is 9.90 Å². The lowest BCUT2D eigenvalue weighted by Gasteiger charge is -2.13. The lowest BCUT2D eigenvalue weighted by atomic mass is 10.2. The highest BCUT2D eigenvalue weighted by Crippen LogP contribution is 1.97. The van der Waals surface area contributed by atoms with Gasteiger partial charge in [0.2, 0.25) is 5.91 Å². The SMILES string of the molecule is CN[C@@H](CO)C(=O)NCc1ccccc1. The van der Waals surface area contributed by atoms with E-state index < -0.39 is 6.04 Å². The fraction of sp³-hybridized carbons (Fsp3) is 0.364. The summed E-state index contributed by atoms with van der Waals surface area (Å²) in [5.41, 5.74) is 1.04. The monoisotopic (exact) mass is 208 g/mol. The van der Waals surface area contributed by atoms with Crippen LogP contribution in [0.2, 0.25) is 0 Å². The molecule has 1 atom stereocenters. The Kier molecular flexibility index (Phi) is 4.80. The summed E-state index contributed by atoms with van der Waals surface area (Å²) < 4.78 is 0. The highest BCUT2D eigenvalue weighted by molar-refractivity contribution is 5.81. The number of carbonyl (C=O) groups excluding carboxylic acids is 1. The molecule has 4 nitrogen and oxygen atoms in total. The van der Waals surface area contributed by atoms with Gasteiger partial charge in [0.1, 0.15) is 6.04 Å². The molecule has 15 heavy (non-hydrogen) atoms. The first-order valence-corrected chi connectivity index (χ1v) is 4.87.